The Morgan fingerprint density at radius 2 is 1.71 bits per heavy atom. The topological polar surface area (TPSA) is 90.2 Å². The zero-order valence-electron chi connectivity index (χ0n) is 15.3. The van der Waals surface area contributed by atoms with Gasteiger partial charge in [-0.1, -0.05) is 24.3 Å². The monoisotopic (exact) mass is 401 g/mol. The van der Waals surface area contributed by atoms with E-state index in [0.717, 1.165) is 0 Å². The quantitative estimate of drug-likeness (QED) is 0.761. The van der Waals surface area contributed by atoms with Gasteiger partial charge in [-0.3, -0.25) is 0 Å². The van der Waals surface area contributed by atoms with Crippen molar-refractivity contribution in [3.8, 4) is 6.07 Å². The van der Waals surface area contributed by atoms with Crippen LogP contribution >= 0.6 is 0 Å². The van der Waals surface area contributed by atoms with Gasteiger partial charge in [0.25, 0.3) is 0 Å². The first-order chi connectivity index (χ1) is 13.4. The lowest BCUT2D eigenvalue weighted by molar-refractivity contribution is 0.317. The van der Waals surface area contributed by atoms with Crippen LogP contribution in [0.4, 0.5) is 10.2 Å². The second kappa shape index (κ2) is 7.11. The molecule has 1 aromatic heterocycles. The minimum absolute atomic E-state index is 0.0940. The van der Waals surface area contributed by atoms with E-state index in [4.69, 9.17) is 5.26 Å². The summed E-state index contributed by atoms with van der Waals surface area (Å²) in [6.45, 7) is 1.72. The number of hydrogen-bond donors (Lipinski definition) is 0. The van der Waals surface area contributed by atoms with Crippen molar-refractivity contribution >= 4 is 15.8 Å². The van der Waals surface area contributed by atoms with Crippen LogP contribution in [0.25, 0.3) is 0 Å². The standard InChI is InChI=1S/C19H20FN5O2S/c20-19(7-8-19)16-3-1-15(2-4-16)14-28(26,27)25-11-9-24(10-12-25)18-6-5-17(13-21)22-23-18/h1-6H,7-12,14H2. The summed E-state index contributed by atoms with van der Waals surface area (Å²) in [7, 11) is -3.45. The van der Waals surface area contributed by atoms with Crippen molar-refractivity contribution in [2.45, 2.75) is 24.3 Å². The molecule has 28 heavy (non-hydrogen) atoms. The predicted octanol–water partition coefficient (Wildman–Crippen LogP) is 1.96. The fourth-order valence-electron chi connectivity index (χ4n) is 3.35. The van der Waals surface area contributed by atoms with Crippen LogP contribution in [-0.4, -0.2) is 49.1 Å². The molecule has 9 heteroatoms. The molecule has 1 aliphatic carbocycles. The number of hydrogen-bond acceptors (Lipinski definition) is 6. The zero-order valence-corrected chi connectivity index (χ0v) is 16.1. The smallest absolute Gasteiger partial charge is 0.218 e. The lowest BCUT2D eigenvalue weighted by Crippen LogP contribution is -2.49. The molecule has 0 N–H and O–H groups in total. The van der Waals surface area contributed by atoms with Gasteiger partial charge < -0.3 is 4.90 Å². The van der Waals surface area contributed by atoms with Gasteiger partial charge in [0, 0.05) is 26.2 Å². The van der Waals surface area contributed by atoms with Crippen LogP contribution < -0.4 is 4.90 Å². The minimum atomic E-state index is -3.45. The summed E-state index contributed by atoms with van der Waals surface area (Å²) in [5, 5.41) is 16.6. The van der Waals surface area contributed by atoms with Gasteiger partial charge in [0.05, 0.1) is 5.75 Å². The lowest BCUT2D eigenvalue weighted by Gasteiger charge is -2.34. The lowest BCUT2D eigenvalue weighted by atomic mass is 10.1. The maximum absolute atomic E-state index is 14.1. The average molecular weight is 401 g/mol. The molecule has 2 heterocycles. The molecule has 2 aromatic rings. The molecule has 0 amide bonds. The molecule has 1 aliphatic heterocycles. The highest BCUT2D eigenvalue weighted by Gasteiger charge is 2.44. The number of anilines is 1. The first-order valence-electron chi connectivity index (χ1n) is 9.15. The number of piperazine rings is 1. The number of aromatic nitrogens is 2. The van der Waals surface area contributed by atoms with Gasteiger partial charge in [0.2, 0.25) is 10.0 Å². The number of nitriles is 1. The van der Waals surface area contributed by atoms with Crippen LogP contribution in [0, 0.1) is 11.3 Å². The molecule has 0 radical (unpaired) electrons. The van der Waals surface area contributed by atoms with Crippen molar-refractivity contribution in [2.75, 3.05) is 31.1 Å². The Morgan fingerprint density at radius 1 is 1.04 bits per heavy atom. The second-order valence-electron chi connectivity index (χ2n) is 7.19. The second-order valence-corrected chi connectivity index (χ2v) is 9.16. The number of rotatable bonds is 5. The molecule has 1 saturated carbocycles. The molecule has 4 rings (SSSR count). The molecule has 2 aliphatic rings. The molecule has 0 unspecified atom stereocenters. The van der Waals surface area contributed by atoms with Crippen molar-refractivity contribution in [3.05, 3.63) is 53.2 Å². The highest BCUT2D eigenvalue weighted by Crippen LogP contribution is 2.49. The molecule has 0 atom stereocenters. The van der Waals surface area contributed by atoms with E-state index in [1.54, 1.807) is 36.4 Å². The first-order valence-corrected chi connectivity index (χ1v) is 10.8. The molecule has 0 spiro atoms. The summed E-state index contributed by atoms with van der Waals surface area (Å²) in [4.78, 5) is 1.95. The number of benzene rings is 1. The number of alkyl halides is 1. The maximum Gasteiger partial charge on any atom is 0.218 e. The first kappa shape index (κ1) is 18.8. The SMILES string of the molecule is N#Cc1ccc(N2CCN(S(=O)(=O)Cc3ccc(C4(F)CC4)cc3)CC2)nn1. The largest absolute Gasteiger partial charge is 0.352 e. The van der Waals surface area contributed by atoms with E-state index in [2.05, 4.69) is 10.2 Å². The summed E-state index contributed by atoms with van der Waals surface area (Å²) in [6, 6.07) is 12.0. The van der Waals surface area contributed by atoms with Crippen LogP contribution in [-0.2, 0) is 21.4 Å². The summed E-state index contributed by atoms with van der Waals surface area (Å²) < 4.78 is 41.0. The highest BCUT2D eigenvalue weighted by atomic mass is 32.2. The van der Waals surface area contributed by atoms with Crippen LogP contribution in [0.5, 0.6) is 0 Å². The molecule has 1 aromatic carbocycles. The van der Waals surface area contributed by atoms with Crippen LogP contribution in [0.2, 0.25) is 0 Å². The number of sulfonamides is 1. The van der Waals surface area contributed by atoms with Gasteiger partial charge in [-0.15, -0.1) is 10.2 Å². The normalized spacial score (nSPS) is 19.2. The van der Waals surface area contributed by atoms with Gasteiger partial charge in [0.15, 0.2) is 11.5 Å². The van der Waals surface area contributed by atoms with E-state index >= 15 is 0 Å². The molecule has 7 nitrogen and oxygen atoms in total. The third-order valence-corrected chi connectivity index (χ3v) is 7.08. The average Bonchev–Trinajstić information content (AvgIpc) is 3.47. The van der Waals surface area contributed by atoms with E-state index in [9.17, 15) is 12.8 Å². The Hall–Kier alpha value is -2.57. The summed E-state index contributed by atoms with van der Waals surface area (Å²) in [5.41, 5.74) is 0.331. The molecular formula is C19H20FN5O2S. The van der Waals surface area contributed by atoms with E-state index in [1.807, 2.05) is 11.0 Å². The Bertz CT molecular complexity index is 990. The van der Waals surface area contributed by atoms with Gasteiger partial charge >= 0.3 is 0 Å². The van der Waals surface area contributed by atoms with Crippen LogP contribution in [0.15, 0.2) is 36.4 Å². The Labute approximate surface area is 163 Å². The highest BCUT2D eigenvalue weighted by molar-refractivity contribution is 7.88. The fraction of sp³-hybridized carbons (Fsp3) is 0.421. The molecule has 0 bridgehead atoms. The van der Waals surface area contributed by atoms with E-state index in [-0.39, 0.29) is 11.4 Å². The fourth-order valence-corrected chi connectivity index (χ4v) is 4.86. The van der Waals surface area contributed by atoms with E-state index in [1.165, 1.54) is 4.31 Å². The van der Waals surface area contributed by atoms with Crippen LogP contribution in [0.1, 0.15) is 29.7 Å². The molecule has 2 fully saturated rings. The van der Waals surface area contributed by atoms with Gasteiger partial charge in [-0.2, -0.15) is 9.57 Å². The van der Waals surface area contributed by atoms with Crippen molar-refractivity contribution in [1.82, 2.24) is 14.5 Å². The van der Waals surface area contributed by atoms with E-state index < -0.39 is 15.7 Å². The third kappa shape index (κ3) is 3.84. The minimum Gasteiger partial charge on any atom is -0.352 e. The molecule has 146 valence electrons. The third-order valence-electron chi connectivity index (χ3n) is 5.23. The molecular weight excluding hydrogens is 381 g/mol. The Morgan fingerprint density at radius 3 is 2.25 bits per heavy atom. The Balaban J connectivity index is 1.37. The molecule has 1 saturated heterocycles. The van der Waals surface area contributed by atoms with Crippen LogP contribution in [0.3, 0.4) is 0 Å². The predicted molar refractivity (Wildman–Crippen MR) is 102 cm³/mol. The summed E-state index contributed by atoms with van der Waals surface area (Å²) >= 11 is 0. The Kier molecular flexibility index (Phi) is 4.77. The number of halogens is 1. The summed E-state index contributed by atoms with van der Waals surface area (Å²) in [5.74, 6) is 0.537. The van der Waals surface area contributed by atoms with Crippen molar-refractivity contribution in [1.29, 1.82) is 5.26 Å². The summed E-state index contributed by atoms with van der Waals surface area (Å²) in [6.07, 6.45) is 1.08. The number of nitrogens with zero attached hydrogens (tertiary/aromatic N) is 5. The van der Waals surface area contributed by atoms with Crippen molar-refractivity contribution in [2.24, 2.45) is 0 Å². The van der Waals surface area contributed by atoms with Gasteiger partial charge in [-0.25, -0.2) is 12.8 Å². The maximum atomic E-state index is 14.1. The van der Waals surface area contributed by atoms with Gasteiger partial charge in [-0.05, 0) is 36.1 Å². The zero-order chi connectivity index (χ0) is 19.8. The van der Waals surface area contributed by atoms with E-state index in [0.29, 0.717) is 56.0 Å². The van der Waals surface area contributed by atoms with Gasteiger partial charge in [0.1, 0.15) is 11.7 Å². The van der Waals surface area contributed by atoms with Crippen molar-refractivity contribution in [3.63, 3.8) is 0 Å². The van der Waals surface area contributed by atoms with Crippen molar-refractivity contribution < 1.29 is 12.8 Å².